The first kappa shape index (κ1) is 15.0. The van der Waals surface area contributed by atoms with Crippen LogP contribution >= 0.6 is 0 Å². The van der Waals surface area contributed by atoms with E-state index in [0.717, 1.165) is 28.0 Å². The minimum Gasteiger partial charge on any atom is -0.489 e. The second-order valence-corrected chi connectivity index (χ2v) is 5.44. The van der Waals surface area contributed by atoms with E-state index >= 15 is 0 Å². The molecule has 3 rings (SSSR count). The molecule has 23 heavy (non-hydrogen) atoms. The van der Waals surface area contributed by atoms with Crippen LogP contribution in [0.1, 0.15) is 22.8 Å². The minimum atomic E-state index is 0.0801. The van der Waals surface area contributed by atoms with Gasteiger partial charge in [-0.2, -0.15) is 0 Å². The van der Waals surface area contributed by atoms with Crippen molar-refractivity contribution in [3.63, 3.8) is 0 Å². The zero-order chi connectivity index (χ0) is 16.1. The summed E-state index contributed by atoms with van der Waals surface area (Å²) in [4.78, 5) is 11.3. The quantitative estimate of drug-likeness (QED) is 0.610. The van der Waals surface area contributed by atoms with Gasteiger partial charge in [0.1, 0.15) is 12.4 Å². The Morgan fingerprint density at radius 3 is 2.26 bits per heavy atom. The third-order valence-electron chi connectivity index (χ3n) is 3.71. The largest absolute Gasteiger partial charge is 0.489 e. The van der Waals surface area contributed by atoms with Gasteiger partial charge in [-0.15, -0.1) is 0 Å². The molecule has 114 valence electrons. The number of carbonyl (C=O) groups excluding carboxylic acids is 1. The number of Topliss-reactive ketones (excluding diaryl/α,β-unsaturated/α-hetero) is 1. The number of benzene rings is 3. The second-order valence-electron chi connectivity index (χ2n) is 5.44. The van der Waals surface area contributed by atoms with Crippen LogP contribution in [0.3, 0.4) is 0 Å². The topological polar surface area (TPSA) is 26.3 Å². The molecule has 2 heteroatoms. The third-order valence-corrected chi connectivity index (χ3v) is 3.71. The molecule has 0 N–H and O–H groups in total. The van der Waals surface area contributed by atoms with Gasteiger partial charge < -0.3 is 4.74 Å². The van der Waals surface area contributed by atoms with E-state index in [-0.39, 0.29) is 5.78 Å². The van der Waals surface area contributed by atoms with Crippen LogP contribution in [0.5, 0.6) is 5.75 Å². The molecule has 0 heterocycles. The van der Waals surface area contributed by atoms with Crippen molar-refractivity contribution in [2.75, 3.05) is 0 Å². The zero-order valence-electron chi connectivity index (χ0n) is 13.0. The summed E-state index contributed by atoms with van der Waals surface area (Å²) in [6.07, 6.45) is 0. The van der Waals surface area contributed by atoms with Gasteiger partial charge in [0.25, 0.3) is 0 Å². The molecule has 0 aliphatic carbocycles. The average molecular weight is 302 g/mol. The Hall–Kier alpha value is -2.87. The van der Waals surface area contributed by atoms with Gasteiger partial charge in [-0.25, -0.2) is 0 Å². The summed E-state index contributed by atoms with van der Waals surface area (Å²) in [5.74, 6) is 0.915. The molecule has 2 nitrogen and oxygen atoms in total. The van der Waals surface area contributed by atoms with Crippen LogP contribution in [-0.4, -0.2) is 5.78 Å². The van der Waals surface area contributed by atoms with Gasteiger partial charge in [0, 0.05) is 5.56 Å². The van der Waals surface area contributed by atoms with Crippen LogP contribution in [0.4, 0.5) is 0 Å². The summed E-state index contributed by atoms with van der Waals surface area (Å²) in [7, 11) is 0. The Kier molecular flexibility index (Phi) is 4.53. The molecule has 0 aliphatic rings. The highest BCUT2D eigenvalue weighted by Gasteiger charge is 2.03. The van der Waals surface area contributed by atoms with Gasteiger partial charge in [-0.1, -0.05) is 66.7 Å². The molecule has 0 fully saturated rings. The lowest BCUT2D eigenvalue weighted by molar-refractivity contribution is 0.101. The summed E-state index contributed by atoms with van der Waals surface area (Å²) < 4.78 is 5.86. The lowest BCUT2D eigenvalue weighted by Gasteiger charge is -2.09. The lowest BCUT2D eigenvalue weighted by Crippen LogP contribution is -1.95. The Labute approximate surface area is 136 Å². The molecule has 0 saturated carbocycles. The molecule has 3 aromatic rings. The highest BCUT2D eigenvalue weighted by Crippen LogP contribution is 2.25. The van der Waals surface area contributed by atoms with Crippen molar-refractivity contribution in [3.8, 4) is 16.9 Å². The van der Waals surface area contributed by atoms with Gasteiger partial charge in [0.05, 0.1) is 0 Å². The maximum atomic E-state index is 11.3. The molecule has 0 aliphatic heterocycles. The predicted molar refractivity (Wildman–Crippen MR) is 92.7 cm³/mol. The first-order valence-electron chi connectivity index (χ1n) is 7.60. The fourth-order valence-electron chi connectivity index (χ4n) is 2.40. The van der Waals surface area contributed by atoms with E-state index in [4.69, 9.17) is 4.74 Å². The molecule has 0 saturated heterocycles. The smallest absolute Gasteiger partial charge is 0.159 e. The third kappa shape index (κ3) is 3.86. The molecule has 0 atom stereocenters. The summed E-state index contributed by atoms with van der Waals surface area (Å²) >= 11 is 0. The van der Waals surface area contributed by atoms with Gasteiger partial charge in [-0.05, 0) is 35.7 Å². The van der Waals surface area contributed by atoms with Gasteiger partial charge in [0.2, 0.25) is 0 Å². The van der Waals surface area contributed by atoms with E-state index in [1.54, 1.807) is 6.92 Å². The molecule has 0 aromatic heterocycles. The number of ketones is 1. The molecule has 0 bridgehead atoms. The van der Waals surface area contributed by atoms with Crippen molar-refractivity contribution in [2.24, 2.45) is 0 Å². The van der Waals surface area contributed by atoms with Crippen molar-refractivity contribution in [1.29, 1.82) is 0 Å². The van der Waals surface area contributed by atoms with E-state index in [1.807, 2.05) is 78.9 Å². The highest BCUT2D eigenvalue weighted by atomic mass is 16.5. The summed E-state index contributed by atoms with van der Waals surface area (Å²) in [6.45, 7) is 2.13. The van der Waals surface area contributed by atoms with E-state index in [1.165, 1.54) is 0 Å². The van der Waals surface area contributed by atoms with E-state index in [0.29, 0.717) is 6.61 Å². The maximum Gasteiger partial charge on any atom is 0.159 e. The Balaban J connectivity index is 1.75. The second kappa shape index (κ2) is 6.93. The first-order valence-corrected chi connectivity index (χ1v) is 7.60. The number of hydrogen-bond acceptors (Lipinski definition) is 2. The molecule has 0 amide bonds. The van der Waals surface area contributed by atoms with Crippen molar-refractivity contribution in [3.05, 3.63) is 90.0 Å². The number of carbonyl (C=O) groups is 1. The highest BCUT2D eigenvalue weighted by molar-refractivity contribution is 5.94. The molecular formula is C21H18O2. The Morgan fingerprint density at radius 2 is 1.57 bits per heavy atom. The van der Waals surface area contributed by atoms with Crippen LogP contribution < -0.4 is 4.74 Å². The molecule has 0 radical (unpaired) electrons. The lowest BCUT2D eigenvalue weighted by atomic mass is 10.0. The van der Waals surface area contributed by atoms with Crippen molar-refractivity contribution in [2.45, 2.75) is 13.5 Å². The zero-order valence-corrected chi connectivity index (χ0v) is 13.0. The Morgan fingerprint density at radius 1 is 0.826 bits per heavy atom. The van der Waals surface area contributed by atoms with Gasteiger partial charge in [-0.3, -0.25) is 4.79 Å². The fourth-order valence-corrected chi connectivity index (χ4v) is 2.40. The molecule has 0 unspecified atom stereocenters. The fraction of sp³-hybridized carbons (Fsp3) is 0.0952. The van der Waals surface area contributed by atoms with Crippen molar-refractivity contribution < 1.29 is 9.53 Å². The molecule has 0 spiro atoms. The monoisotopic (exact) mass is 302 g/mol. The van der Waals surface area contributed by atoms with E-state index < -0.39 is 0 Å². The molecule has 3 aromatic carbocycles. The normalized spacial score (nSPS) is 10.3. The summed E-state index contributed by atoms with van der Waals surface area (Å²) in [6, 6.07) is 25.7. The number of hydrogen-bond donors (Lipinski definition) is 0. The summed E-state index contributed by atoms with van der Waals surface area (Å²) in [5.41, 5.74) is 4.01. The number of ether oxygens (including phenoxy) is 1. The minimum absolute atomic E-state index is 0.0801. The Bertz CT molecular complexity index is 790. The van der Waals surface area contributed by atoms with Gasteiger partial charge >= 0.3 is 0 Å². The first-order chi connectivity index (χ1) is 11.2. The van der Waals surface area contributed by atoms with Crippen molar-refractivity contribution >= 4 is 5.78 Å². The standard InChI is InChI=1S/C21H18O2/c1-16(22)18-10-12-19(13-11-18)20-8-5-9-21(14-20)23-15-17-6-3-2-4-7-17/h2-14H,15H2,1H3. The van der Waals surface area contributed by atoms with Crippen LogP contribution in [0.15, 0.2) is 78.9 Å². The van der Waals surface area contributed by atoms with Crippen LogP contribution in [0.25, 0.3) is 11.1 Å². The SMILES string of the molecule is CC(=O)c1ccc(-c2cccc(OCc3ccccc3)c2)cc1. The van der Waals surface area contributed by atoms with Crippen LogP contribution in [0.2, 0.25) is 0 Å². The molecular weight excluding hydrogens is 284 g/mol. The van der Waals surface area contributed by atoms with Gasteiger partial charge in [0.15, 0.2) is 5.78 Å². The van der Waals surface area contributed by atoms with Crippen molar-refractivity contribution in [1.82, 2.24) is 0 Å². The van der Waals surface area contributed by atoms with E-state index in [2.05, 4.69) is 0 Å². The maximum absolute atomic E-state index is 11.3. The average Bonchev–Trinajstić information content (AvgIpc) is 2.61. The van der Waals surface area contributed by atoms with E-state index in [9.17, 15) is 4.79 Å². The number of rotatable bonds is 5. The predicted octanol–water partition coefficient (Wildman–Crippen LogP) is 5.14. The van der Waals surface area contributed by atoms with Crippen LogP contribution in [0, 0.1) is 0 Å². The summed E-state index contributed by atoms with van der Waals surface area (Å²) in [5, 5.41) is 0. The van der Waals surface area contributed by atoms with Crippen LogP contribution in [-0.2, 0) is 6.61 Å².